The van der Waals surface area contributed by atoms with Crippen LogP contribution < -0.4 is 4.31 Å². The molecule has 1 aliphatic heterocycles. The Kier molecular flexibility index (Phi) is 6.08. The predicted octanol–water partition coefficient (Wildman–Crippen LogP) is 5.04. The highest BCUT2D eigenvalue weighted by molar-refractivity contribution is 7.97. The molecule has 0 fully saturated rings. The van der Waals surface area contributed by atoms with Gasteiger partial charge in [-0.05, 0) is 53.6 Å². The van der Waals surface area contributed by atoms with Crippen LogP contribution in [0.4, 0.5) is 18.9 Å². The number of halogens is 3. The Bertz CT molecular complexity index is 1290. The lowest BCUT2D eigenvalue weighted by atomic mass is 10.0. The van der Waals surface area contributed by atoms with E-state index in [-0.39, 0.29) is 16.3 Å². The number of hydrogen-bond acceptors (Lipinski definition) is 3. The van der Waals surface area contributed by atoms with E-state index in [1.807, 2.05) is 0 Å². The number of benzene rings is 3. The van der Waals surface area contributed by atoms with Crippen molar-refractivity contribution in [2.45, 2.75) is 6.42 Å². The number of carbonyl (C=O) groups excluding carboxylic acids is 1. The summed E-state index contributed by atoms with van der Waals surface area (Å²) in [6.07, 6.45) is 1.71. The van der Waals surface area contributed by atoms with Gasteiger partial charge in [0.1, 0.15) is 17.2 Å². The molecule has 7 heteroatoms. The lowest BCUT2D eigenvalue weighted by Gasteiger charge is -2.29. The molecule has 1 heterocycles. The fraction of sp³-hybridized carbons (Fsp3) is 0.0800. The van der Waals surface area contributed by atoms with Gasteiger partial charge in [0, 0.05) is 18.1 Å². The maximum Gasteiger partial charge on any atom is 0.245 e. The SMILES string of the molecule is CN1c2ccc(C#CCc3ccc(F)cc3)cc2C(=O)/C(=C/c2ccc(F)c(F)c2)[S+]1[O-]. The number of anilines is 1. The molecule has 0 aliphatic carbocycles. The zero-order chi connectivity index (χ0) is 22.8. The Morgan fingerprint density at radius 3 is 2.47 bits per heavy atom. The van der Waals surface area contributed by atoms with Crippen LogP contribution in [-0.4, -0.2) is 17.4 Å². The van der Waals surface area contributed by atoms with Gasteiger partial charge in [0.05, 0.1) is 18.3 Å². The van der Waals surface area contributed by atoms with E-state index >= 15 is 0 Å². The van der Waals surface area contributed by atoms with Crippen molar-refractivity contribution >= 4 is 28.9 Å². The molecular formula is C25H16F3NO2S. The zero-order valence-corrected chi connectivity index (χ0v) is 17.7. The molecule has 0 saturated heterocycles. The molecular weight excluding hydrogens is 435 g/mol. The van der Waals surface area contributed by atoms with E-state index in [1.165, 1.54) is 28.6 Å². The highest BCUT2D eigenvalue weighted by Crippen LogP contribution is 2.35. The summed E-state index contributed by atoms with van der Waals surface area (Å²) in [6.45, 7) is 0. The molecule has 3 aromatic rings. The van der Waals surface area contributed by atoms with Gasteiger partial charge in [-0.3, -0.25) is 4.79 Å². The van der Waals surface area contributed by atoms with Crippen molar-refractivity contribution in [3.8, 4) is 11.8 Å². The molecule has 0 spiro atoms. The number of fused-ring (bicyclic) bond motifs is 1. The number of rotatable bonds is 2. The first-order valence-electron chi connectivity index (χ1n) is 9.58. The van der Waals surface area contributed by atoms with E-state index in [1.54, 1.807) is 37.4 Å². The molecule has 0 radical (unpaired) electrons. The van der Waals surface area contributed by atoms with Gasteiger partial charge in [-0.1, -0.05) is 30.0 Å². The second-order valence-corrected chi connectivity index (χ2v) is 8.58. The molecule has 32 heavy (non-hydrogen) atoms. The van der Waals surface area contributed by atoms with Crippen LogP contribution in [0, 0.1) is 29.3 Å². The molecule has 0 saturated carbocycles. The molecule has 0 bridgehead atoms. The van der Waals surface area contributed by atoms with Crippen molar-refractivity contribution in [2.75, 3.05) is 11.4 Å². The smallest absolute Gasteiger partial charge is 0.245 e. The average molecular weight is 451 g/mol. The molecule has 160 valence electrons. The lowest BCUT2D eigenvalue weighted by Crippen LogP contribution is -2.36. The Morgan fingerprint density at radius 2 is 1.75 bits per heavy atom. The fourth-order valence-electron chi connectivity index (χ4n) is 3.24. The first kappa shape index (κ1) is 21.8. The molecule has 0 amide bonds. The van der Waals surface area contributed by atoms with Gasteiger partial charge in [-0.25, -0.2) is 13.2 Å². The standard InChI is InChI=1S/C25H16F3NO2S/c1-29-23-12-8-17(4-2-3-16-5-9-19(26)10-6-16)13-20(23)25(30)24(32(29)31)15-18-7-11-21(27)22(28)14-18/h5-15H,3H2,1H3/b24-15-. The van der Waals surface area contributed by atoms with Gasteiger partial charge >= 0.3 is 0 Å². The highest BCUT2D eigenvalue weighted by atomic mass is 32.2. The van der Waals surface area contributed by atoms with Crippen molar-refractivity contribution in [3.05, 3.63) is 105 Å². The minimum absolute atomic E-state index is 0.0394. The zero-order valence-electron chi connectivity index (χ0n) is 16.9. The topological polar surface area (TPSA) is 43.4 Å². The number of hydrogen-bond donors (Lipinski definition) is 0. The van der Waals surface area contributed by atoms with Gasteiger partial charge in [0.2, 0.25) is 10.7 Å². The molecule has 1 unspecified atom stereocenters. The Labute approximate surface area is 186 Å². The van der Waals surface area contributed by atoms with Crippen molar-refractivity contribution in [1.29, 1.82) is 0 Å². The quantitative estimate of drug-likeness (QED) is 0.312. The van der Waals surface area contributed by atoms with Crippen LogP contribution in [0.15, 0.2) is 65.6 Å². The minimum Gasteiger partial charge on any atom is -0.588 e. The van der Waals surface area contributed by atoms with Crippen LogP contribution in [-0.2, 0) is 17.8 Å². The molecule has 3 aromatic carbocycles. The van der Waals surface area contributed by atoms with Crippen LogP contribution in [0.5, 0.6) is 0 Å². The number of Topliss-reactive ketones (excluding diaryl/α,β-unsaturated/α-hetero) is 1. The van der Waals surface area contributed by atoms with Crippen molar-refractivity contribution in [3.63, 3.8) is 0 Å². The molecule has 3 nitrogen and oxygen atoms in total. The van der Waals surface area contributed by atoms with E-state index in [9.17, 15) is 22.5 Å². The van der Waals surface area contributed by atoms with Crippen LogP contribution in [0.2, 0.25) is 0 Å². The van der Waals surface area contributed by atoms with Crippen molar-refractivity contribution < 1.29 is 22.5 Å². The minimum atomic E-state index is -1.80. The van der Waals surface area contributed by atoms with Gasteiger partial charge in [0.15, 0.2) is 11.6 Å². The lowest BCUT2D eigenvalue weighted by molar-refractivity contribution is 0.104. The van der Waals surface area contributed by atoms with Crippen LogP contribution >= 0.6 is 0 Å². The number of ketones is 1. The van der Waals surface area contributed by atoms with E-state index in [0.717, 1.165) is 17.7 Å². The van der Waals surface area contributed by atoms with Gasteiger partial charge in [-0.15, -0.1) is 0 Å². The number of allylic oxidation sites excluding steroid dienone is 1. The number of nitrogens with zero attached hydrogens (tertiary/aromatic N) is 1. The third-order valence-corrected chi connectivity index (χ3v) is 6.29. The Morgan fingerprint density at radius 1 is 1.00 bits per heavy atom. The summed E-state index contributed by atoms with van der Waals surface area (Å²) in [5.74, 6) is 3.13. The summed E-state index contributed by atoms with van der Waals surface area (Å²) in [7, 11) is 1.58. The Balaban J connectivity index is 1.64. The van der Waals surface area contributed by atoms with Crippen LogP contribution in [0.1, 0.15) is 27.0 Å². The monoisotopic (exact) mass is 451 g/mol. The summed E-state index contributed by atoms with van der Waals surface area (Å²) in [5, 5.41) is 0. The first-order valence-corrected chi connectivity index (χ1v) is 10.7. The van der Waals surface area contributed by atoms with Crippen LogP contribution in [0.25, 0.3) is 6.08 Å². The fourth-order valence-corrected chi connectivity index (χ4v) is 4.38. The van der Waals surface area contributed by atoms with E-state index in [2.05, 4.69) is 11.8 Å². The van der Waals surface area contributed by atoms with Crippen molar-refractivity contribution in [1.82, 2.24) is 0 Å². The molecule has 1 aliphatic rings. The van der Waals surface area contributed by atoms with E-state index in [4.69, 9.17) is 0 Å². The summed E-state index contributed by atoms with van der Waals surface area (Å²) in [5.41, 5.74) is 2.48. The van der Waals surface area contributed by atoms with Crippen molar-refractivity contribution in [2.24, 2.45) is 0 Å². The second-order valence-electron chi connectivity index (χ2n) is 7.09. The number of carbonyl (C=O) groups is 1. The van der Waals surface area contributed by atoms with Gasteiger partial charge in [0.25, 0.3) is 0 Å². The summed E-state index contributed by atoms with van der Waals surface area (Å²) >= 11 is -1.80. The maximum absolute atomic E-state index is 13.5. The van der Waals surface area contributed by atoms with E-state index in [0.29, 0.717) is 23.2 Å². The third-order valence-electron chi connectivity index (χ3n) is 4.92. The second kappa shape index (κ2) is 8.95. The summed E-state index contributed by atoms with van der Waals surface area (Å²) in [4.78, 5) is 13.0. The molecule has 0 aromatic heterocycles. The summed E-state index contributed by atoms with van der Waals surface area (Å²) in [6, 6.07) is 14.2. The van der Waals surface area contributed by atoms with Gasteiger partial charge in [-0.2, -0.15) is 4.31 Å². The highest BCUT2D eigenvalue weighted by Gasteiger charge is 2.38. The maximum atomic E-state index is 13.5. The normalized spacial score (nSPS) is 16.5. The molecule has 4 rings (SSSR count). The average Bonchev–Trinajstić information content (AvgIpc) is 2.79. The molecule has 1 atom stereocenters. The summed E-state index contributed by atoms with van der Waals surface area (Å²) < 4.78 is 54.0. The Hall–Kier alpha value is -3.47. The van der Waals surface area contributed by atoms with Crippen LogP contribution in [0.3, 0.4) is 0 Å². The largest absolute Gasteiger partial charge is 0.588 e. The van der Waals surface area contributed by atoms with E-state index < -0.39 is 28.8 Å². The third kappa shape index (κ3) is 4.42. The first-order chi connectivity index (χ1) is 15.3. The molecule has 0 N–H and O–H groups in total. The van der Waals surface area contributed by atoms with Gasteiger partial charge < -0.3 is 4.55 Å². The predicted molar refractivity (Wildman–Crippen MR) is 119 cm³/mol.